The predicted octanol–water partition coefficient (Wildman–Crippen LogP) is 2.11. The third kappa shape index (κ3) is 2.74. The summed E-state index contributed by atoms with van der Waals surface area (Å²) < 4.78 is 0. The van der Waals surface area contributed by atoms with Crippen molar-refractivity contribution in [2.45, 2.75) is 31.9 Å². The molecule has 2 heteroatoms. The molecule has 0 radical (unpaired) electrons. The minimum atomic E-state index is 0.450. The minimum Gasteiger partial charge on any atom is -0.298 e. The van der Waals surface area contributed by atoms with Crippen LogP contribution in [0.2, 0.25) is 0 Å². The maximum absolute atomic E-state index is 11.1. The third-order valence-corrected chi connectivity index (χ3v) is 2.71. The first-order valence-corrected chi connectivity index (χ1v) is 4.89. The average Bonchev–Trinajstić information content (AvgIpc) is 2.63. The molecule has 1 fully saturated rings. The van der Waals surface area contributed by atoms with E-state index in [2.05, 4.69) is 13.8 Å². The number of hydrogen-bond acceptors (Lipinski definition) is 2. The average molecular weight is 158 g/mol. The molecule has 0 aliphatic heterocycles. The topological polar surface area (TPSA) is 17.1 Å². The van der Waals surface area contributed by atoms with E-state index in [4.69, 9.17) is 0 Å². The highest BCUT2D eigenvalue weighted by Gasteiger charge is 2.28. The quantitative estimate of drug-likeness (QED) is 0.623. The van der Waals surface area contributed by atoms with E-state index in [0.717, 1.165) is 18.6 Å². The van der Waals surface area contributed by atoms with Gasteiger partial charge in [-0.3, -0.25) is 4.79 Å². The number of thioether (sulfide) groups is 1. The van der Waals surface area contributed by atoms with Gasteiger partial charge in [-0.1, -0.05) is 13.8 Å². The van der Waals surface area contributed by atoms with Gasteiger partial charge in [-0.2, -0.15) is 11.8 Å². The summed E-state index contributed by atoms with van der Waals surface area (Å²) in [4.78, 5) is 11.1. The molecule has 58 valence electrons. The van der Waals surface area contributed by atoms with E-state index in [1.165, 1.54) is 0 Å². The van der Waals surface area contributed by atoms with Crippen LogP contribution in [-0.4, -0.2) is 16.8 Å². The highest BCUT2D eigenvalue weighted by molar-refractivity contribution is 8.00. The fourth-order valence-electron chi connectivity index (χ4n) is 0.772. The Morgan fingerprint density at radius 2 is 2.20 bits per heavy atom. The van der Waals surface area contributed by atoms with E-state index in [9.17, 15) is 4.79 Å². The molecule has 1 saturated carbocycles. The Morgan fingerprint density at radius 1 is 1.60 bits per heavy atom. The van der Waals surface area contributed by atoms with Gasteiger partial charge in [-0.25, -0.2) is 0 Å². The lowest BCUT2D eigenvalue weighted by atomic mass is 10.3. The molecule has 0 N–H and O–H groups in total. The van der Waals surface area contributed by atoms with Crippen LogP contribution in [-0.2, 0) is 4.79 Å². The summed E-state index contributed by atoms with van der Waals surface area (Å²) in [6, 6.07) is 0. The Bertz CT molecular complexity index is 127. The van der Waals surface area contributed by atoms with Crippen molar-refractivity contribution < 1.29 is 4.79 Å². The Labute approximate surface area is 66.6 Å². The highest BCUT2D eigenvalue weighted by Crippen LogP contribution is 2.31. The summed E-state index contributed by atoms with van der Waals surface area (Å²) in [5.41, 5.74) is 0. The zero-order chi connectivity index (χ0) is 7.56. The van der Waals surface area contributed by atoms with Crippen LogP contribution in [0, 0.1) is 5.92 Å². The van der Waals surface area contributed by atoms with Crippen molar-refractivity contribution in [1.29, 1.82) is 0 Å². The van der Waals surface area contributed by atoms with Gasteiger partial charge in [0.25, 0.3) is 0 Å². The molecule has 0 amide bonds. The zero-order valence-corrected chi connectivity index (χ0v) is 7.41. The molecule has 0 aromatic carbocycles. The highest BCUT2D eigenvalue weighted by atomic mass is 32.2. The van der Waals surface area contributed by atoms with Gasteiger partial charge in [0.2, 0.25) is 0 Å². The Morgan fingerprint density at radius 3 is 2.60 bits per heavy atom. The van der Waals surface area contributed by atoms with Gasteiger partial charge in [0, 0.05) is 5.92 Å². The van der Waals surface area contributed by atoms with Gasteiger partial charge < -0.3 is 0 Å². The molecule has 10 heavy (non-hydrogen) atoms. The maximum Gasteiger partial charge on any atom is 0.145 e. The smallest absolute Gasteiger partial charge is 0.145 e. The zero-order valence-electron chi connectivity index (χ0n) is 6.59. The van der Waals surface area contributed by atoms with Crippen molar-refractivity contribution in [2.75, 3.05) is 5.75 Å². The van der Waals surface area contributed by atoms with Crippen LogP contribution in [0.15, 0.2) is 0 Å². The first-order valence-electron chi connectivity index (χ1n) is 3.84. The number of hydrogen-bond donors (Lipinski definition) is 0. The molecule has 0 heterocycles. The normalized spacial score (nSPS) is 17.9. The largest absolute Gasteiger partial charge is 0.298 e. The molecule has 0 atom stereocenters. The molecule has 1 nitrogen and oxygen atoms in total. The van der Waals surface area contributed by atoms with Crippen LogP contribution in [0.3, 0.4) is 0 Å². The first-order chi connectivity index (χ1) is 4.70. The number of carbonyl (C=O) groups excluding carboxylic acids is 1. The van der Waals surface area contributed by atoms with Crippen LogP contribution in [0.1, 0.15) is 26.7 Å². The Balaban J connectivity index is 2.06. The van der Waals surface area contributed by atoms with Crippen LogP contribution in [0.5, 0.6) is 0 Å². The summed E-state index contributed by atoms with van der Waals surface area (Å²) in [6.07, 6.45) is 2.30. The van der Waals surface area contributed by atoms with E-state index in [1.54, 1.807) is 11.8 Å². The van der Waals surface area contributed by atoms with Crippen molar-refractivity contribution in [3.05, 3.63) is 0 Å². The molecule has 0 bridgehead atoms. The molecule has 0 aromatic heterocycles. The minimum absolute atomic E-state index is 0.450. The second kappa shape index (κ2) is 3.42. The first kappa shape index (κ1) is 8.12. The summed E-state index contributed by atoms with van der Waals surface area (Å²) in [5, 5.41) is 0.600. The monoisotopic (exact) mass is 158 g/mol. The van der Waals surface area contributed by atoms with Crippen LogP contribution in [0.25, 0.3) is 0 Å². The molecule has 0 spiro atoms. The molecule has 0 saturated heterocycles. The molecule has 1 aliphatic carbocycles. The van der Waals surface area contributed by atoms with Crippen molar-refractivity contribution in [3.63, 3.8) is 0 Å². The van der Waals surface area contributed by atoms with E-state index in [0.29, 0.717) is 17.0 Å². The lowest BCUT2D eigenvalue weighted by Crippen LogP contribution is -2.05. The van der Waals surface area contributed by atoms with Crippen LogP contribution >= 0.6 is 11.8 Å². The van der Waals surface area contributed by atoms with Gasteiger partial charge in [-0.15, -0.1) is 0 Å². The third-order valence-electron chi connectivity index (χ3n) is 1.59. The second-order valence-corrected chi connectivity index (χ2v) is 4.67. The lowest BCUT2D eigenvalue weighted by Gasteiger charge is -2.01. The summed E-state index contributed by atoms with van der Waals surface area (Å²) in [6.45, 7) is 4.26. The van der Waals surface area contributed by atoms with E-state index in [1.807, 2.05) is 0 Å². The summed E-state index contributed by atoms with van der Waals surface area (Å²) in [5.74, 6) is 1.66. The van der Waals surface area contributed by atoms with Crippen molar-refractivity contribution >= 4 is 17.5 Å². The van der Waals surface area contributed by atoms with Crippen molar-refractivity contribution in [3.8, 4) is 0 Å². The van der Waals surface area contributed by atoms with E-state index < -0.39 is 0 Å². The molecular formula is C8H14OS. The van der Waals surface area contributed by atoms with Gasteiger partial charge >= 0.3 is 0 Å². The second-order valence-electron chi connectivity index (χ2n) is 3.10. The predicted molar refractivity (Wildman–Crippen MR) is 45.3 cm³/mol. The van der Waals surface area contributed by atoms with E-state index >= 15 is 0 Å². The van der Waals surface area contributed by atoms with Gasteiger partial charge in [-0.05, 0) is 18.1 Å². The standard InChI is InChI=1S/C8H14OS/c1-6(2)10-5-8(9)7-3-4-7/h6-7H,3-5H2,1-2H3. The van der Waals surface area contributed by atoms with Crippen molar-refractivity contribution in [2.24, 2.45) is 5.92 Å². The fraction of sp³-hybridized carbons (Fsp3) is 0.875. The Kier molecular flexibility index (Phi) is 2.78. The lowest BCUT2D eigenvalue weighted by molar-refractivity contribution is -0.117. The molecule has 0 unspecified atom stereocenters. The van der Waals surface area contributed by atoms with Crippen LogP contribution in [0.4, 0.5) is 0 Å². The molecule has 1 aliphatic rings. The van der Waals surface area contributed by atoms with Gasteiger partial charge in [0.05, 0.1) is 5.75 Å². The van der Waals surface area contributed by atoms with Crippen LogP contribution < -0.4 is 0 Å². The number of carbonyl (C=O) groups is 1. The van der Waals surface area contributed by atoms with Gasteiger partial charge in [0.1, 0.15) is 5.78 Å². The molecular weight excluding hydrogens is 144 g/mol. The maximum atomic E-state index is 11.1. The molecule has 1 rings (SSSR count). The van der Waals surface area contributed by atoms with Crippen molar-refractivity contribution in [1.82, 2.24) is 0 Å². The summed E-state index contributed by atoms with van der Waals surface area (Å²) >= 11 is 1.76. The number of rotatable bonds is 4. The Hall–Kier alpha value is 0.0200. The number of ketones is 1. The SMILES string of the molecule is CC(C)SCC(=O)C1CC1. The van der Waals surface area contributed by atoms with E-state index in [-0.39, 0.29) is 0 Å². The number of Topliss-reactive ketones (excluding diaryl/α,β-unsaturated/α-hetero) is 1. The molecule has 0 aromatic rings. The fourth-order valence-corrected chi connectivity index (χ4v) is 1.51. The van der Waals surface area contributed by atoms with Gasteiger partial charge in [0.15, 0.2) is 0 Å². The summed E-state index contributed by atoms with van der Waals surface area (Å²) in [7, 11) is 0.